The van der Waals surface area contributed by atoms with Crippen LogP contribution >= 0.6 is 0 Å². The summed E-state index contributed by atoms with van der Waals surface area (Å²) in [5.41, 5.74) is 2.61. The van der Waals surface area contributed by atoms with Crippen molar-refractivity contribution < 1.29 is 9.53 Å². The van der Waals surface area contributed by atoms with Gasteiger partial charge in [0, 0.05) is 0 Å². The summed E-state index contributed by atoms with van der Waals surface area (Å²) in [6, 6.07) is 21.3. The van der Waals surface area contributed by atoms with Crippen molar-refractivity contribution in [2.45, 2.75) is 218 Å². The van der Waals surface area contributed by atoms with E-state index in [2.05, 4.69) is 61.5 Å². The average molecular weight is 689 g/mol. The first-order valence-corrected chi connectivity index (χ1v) is 22.1. The van der Waals surface area contributed by atoms with Gasteiger partial charge in [0.2, 0.25) is 0 Å². The molecular formula is C48H80O2. The number of aryl methyl sites for hydroxylation is 1. The molecule has 50 heavy (non-hydrogen) atoms. The van der Waals surface area contributed by atoms with Crippen LogP contribution in [0, 0.1) is 0 Å². The third-order valence-electron chi connectivity index (χ3n) is 10.8. The van der Waals surface area contributed by atoms with Crippen LogP contribution in [0.15, 0.2) is 60.7 Å². The van der Waals surface area contributed by atoms with Crippen LogP contribution in [0.25, 0.3) is 0 Å². The van der Waals surface area contributed by atoms with Crippen LogP contribution in [-0.2, 0) is 16.0 Å². The van der Waals surface area contributed by atoms with E-state index in [0.29, 0.717) is 6.61 Å². The molecule has 0 aromatic heterocycles. The Morgan fingerprint density at radius 1 is 0.440 bits per heavy atom. The van der Waals surface area contributed by atoms with E-state index in [0.717, 1.165) is 24.8 Å². The minimum absolute atomic E-state index is 0.00951. The fourth-order valence-electron chi connectivity index (χ4n) is 7.47. The molecule has 2 aromatic carbocycles. The summed E-state index contributed by atoms with van der Waals surface area (Å²) in [5, 5.41) is 0. The summed E-state index contributed by atoms with van der Waals surface area (Å²) in [7, 11) is 0. The number of esters is 1. The van der Waals surface area contributed by atoms with Gasteiger partial charge in [-0.15, -0.1) is 0 Å². The molecule has 0 aliphatic heterocycles. The van der Waals surface area contributed by atoms with E-state index in [4.69, 9.17) is 4.74 Å². The number of rotatable bonds is 36. The van der Waals surface area contributed by atoms with E-state index in [1.807, 2.05) is 6.07 Å². The Morgan fingerprint density at radius 2 is 0.800 bits per heavy atom. The Bertz CT molecular complexity index is 970. The molecule has 0 N–H and O–H groups in total. The molecule has 0 heterocycles. The Balaban J connectivity index is 1.37. The molecule has 0 amide bonds. The minimum Gasteiger partial charge on any atom is -0.465 e. The van der Waals surface area contributed by atoms with Gasteiger partial charge in [-0.2, -0.15) is 0 Å². The lowest BCUT2D eigenvalue weighted by molar-refractivity contribution is -0.145. The lowest BCUT2D eigenvalue weighted by atomic mass is 9.93. The molecular weight excluding hydrogens is 609 g/mol. The van der Waals surface area contributed by atoms with Gasteiger partial charge in [-0.25, -0.2) is 0 Å². The molecule has 1 atom stereocenters. The predicted molar refractivity (Wildman–Crippen MR) is 219 cm³/mol. The van der Waals surface area contributed by atoms with Crippen LogP contribution in [0.2, 0.25) is 0 Å². The SMILES string of the molecule is CCCCCCCCCCCCCCCCC(C(=O)OCCCCCCCCCCCCCCCCCCc1ccccc1)c1ccccc1. The smallest absolute Gasteiger partial charge is 0.313 e. The average Bonchev–Trinajstić information content (AvgIpc) is 3.15. The molecule has 1 unspecified atom stereocenters. The van der Waals surface area contributed by atoms with E-state index in [1.54, 1.807) is 0 Å². The fraction of sp³-hybridized carbons (Fsp3) is 0.729. The van der Waals surface area contributed by atoms with Crippen molar-refractivity contribution in [2.24, 2.45) is 0 Å². The van der Waals surface area contributed by atoms with Crippen LogP contribution in [-0.4, -0.2) is 12.6 Å². The first-order valence-electron chi connectivity index (χ1n) is 22.1. The number of carbonyl (C=O) groups is 1. The fourth-order valence-corrected chi connectivity index (χ4v) is 7.47. The summed E-state index contributed by atoms with van der Waals surface area (Å²) >= 11 is 0. The molecule has 2 nitrogen and oxygen atoms in total. The Labute approximate surface area is 311 Å². The summed E-state index contributed by atoms with van der Waals surface area (Å²) in [6.45, 7) is 2.87. The van der Waals surface area contributed by atoms with Gasteiger partial charge in [0.05, 0.1) is 12.5 Å². The van der Waals surface area contributed by atoms with Gasteiger partial charge in [0.25, 0.3) is 0 Å². The van der Waals surface area contributed by atoms with Crippen LogP contribution in [0.5, 0.6) is 0 Å². The Hall–Kier alpha value is -2.09. The largest absolute Gasteiger partial charge is 0.465 e. The van der Waals surface area contributed by atoms with Crippen molar-refractivity contribution in [3.63, 3.8) is 0 Å². The standard InChI is InChI=1S/C48H80O2/c1-2-3-4-5-6-7-8-9-15-18-21-24-27-36-43-47(46-41-34-30-35-42-46)48(49)50-44-37-28-25-22-19-16-13-11-10-12-14-17-20-23-26-31-38-45-39-32-29-33-40-45/h29-30,32-35,39-42,47H,2-28,31,36-38,43-44H2,1H3. The van der Waals surface area contributed by atoms with Gasteiger partial charge < -0.3 is 4.74 Å². The zero-order chi connectivity index (χ0) is 35.4. The predicted octanol–water partition coefficient (Wildman–Crippen LogP) is 15.7. The highest BCUT2D eigenvalue weighted by Gasteiger charge is 2.21. The van der Waals surface area contributed by atoms with E-state index < -0.39 is 0 Å². The number of unbranched alkanes of at least 4 members (excludes halogenated alkanes) is 28. The van der Waals surface area contributed by atoms with Gasteiger partial charge in [-0.05, 0) is 36.8 Å². The van der Waals surface area contributed by atoms with E-state index in [9.17, 15) is 4.79 Å². The molecule has 2 rings (SSSR count). The summed E-state index contributed by atoms with van der Waals surface area (Å²) in [4.78, 5) is 13.1. The second-order valence-electron chi connectivity index (χ2n) is 15.4. The number of hydrogen-bond donors (Lipinski definition) is 0. The first kappa shape index (κ1) is 44.1. The lowest BCUT2D eigenvalue weighted by Gasteiger charge is -2.16. The van der Waals surface area contributed by atoms with E-state index in [-0.39, 0.29) is 11.9 Å². The molecule has 0 saturated carbocycles. The highest BCUT2D eigenvalue weighted by atomic mass is 16.5. The molecule has 0 radical (unpaired) electrons. The molecule has 0 saturated heterocycles. The van der Waals surface area contributed by atoms with Crippen molar-refractivity contribution in [1.29, 1.82) is 0 Å². The highest BCUT2D eigenvalue weighted by molar-refractivity contribution is 5.78. The number of carbonyl (C=O) groups excluding carboxylic acids is 1. The van der Waals surface area contributed by atoms with Crippen molar-refractivity contribution in [3.05, 3.63) is 71.8 Å². The Morgan fingerprint density at radius 3 is 1.24 bits per heavy atom. The van der Waals surface area contributed by atoms with Gasteiger partial charge in [-0.1, -0.05) is 247 Å². The van der Waals surface area contributed by atoms with Crippen LogP contribution in [0.1, 0.15) is 223 Å². The molecule has 0 bridgehead atoms. The topological polar surface area (TPSA) is 26.3 Å². The van der Waals surface area contributed by atoms with Crippen LogP contribution in [0.4, 0.5) is 0 Å². The summed E-state index contributed by atoms with van der Waals surface area (Å²) in [5.74, 6) is -0.117. The van der Waals surface area contributed by atoms with Crippen LogP contribution in [0.3, 0.4) is 0 Å². The first-order chi connectivity index (χ1) is 24.8. The zero-order valence-corrected chi connectivity index (χ0v) is 33.0. The molecule has 284 valence electrons. The molecule has 0 spiro atoms. The molecule has 0 fully saturated rings. The van der Waals surface area contributed by atoms with Gasteiger partial charge in [0.15, 0.2) is 0 Å². The lowest BCUT2D eigenvalue weighted by Crippen LogP contribution is -2.17. The summed E-state index contributed by atoms with van der Waals surface area (Å²) < 4.78 is 5.83. The molecule has 2 aromatic rings. The maximum atomic E-state index is 13.1. The van der Waals surface area contributed by atoms with Crippen molar-refractivity contribution >= 4 is 5.97 Å². The highest BCUT2D eigenvalue weighted by Crippen LogP contribution is 2.25. The third kappa shape index (κ3) is 25.8. The second kappa shape index (κ2) is 34.0. The minimum atomic E-state index is -0.108. The zero-order valence-electron chi connectivity index (χ0n) is 33.0. The van der Waals surface area contributed by atoms with Crippen molar-refractivity contribution in [1.82, 2.24) is 0 Å². The van der Waals surface area contributed by atoms with E-state index >= 15 is 0 Å². The maximum Gasteiger partial charge on any atom is 0.313 e. The monoisotopic (exact) mass is 689 g/mol. The van der Waals surface area contributed by atoms with Crippen molar-refractivity contribution in [2.75, 3.05) is 6.61 Å². The molecule has 2 heteroatoms. The number of hydrogen-bond acceptors (Lipinski definition) is 2. The van der Waals surface area contributed by atoms with E-state index in [1.165, 1.54) is 192 Å². The second-order valence-corrected chi connectivity index (χ2v) is 15.4. The molecule has 0 aliphatic carbocycles. The van der Waals surface area contributed by atoms with Gasteiger partial charge in [-0.3, -0.25) is 4.79 Å². The van der Waals surface area contributed by atoms with Gasteiger partial charge in [0.1, 0.15) is 0 Å². The number of benzene rings is 2. The molecule has 0 aliphatic rings. The number of ether oxygens (including phenoxy) is 1. The third-order valence-corrected chi connectivity index (χ3v) is 10.8. The normalized spacial score (nSPS) is 11.9. The van der Waals surface area contributed by atoms with Crippen molar-refractivity contribution in [3.8, 4) is 0 Å². The Kier molecular flexibility index (Phi) is 30.0. The van der Waals surface area contributed by atoms with Gasteiger partial charge >= 0.3 is 5.97 Å². The quantitative estimate of drug-likeness (QED) is 0.0526. The summed E-state index contributed by atoms with van der Waals surface area (Å²) in [6.07, 6.45) is 42.8. The maximum absolute atomic E-state index is 13.1. The van der Waals surface area contributed by atoms with Crippen LogP contribution < -0.4 is 0 Å².